The summed E-state index contributed by atoms with van der Waals surface area (Å²) in [6.07, 6.45) is 5.68. The van der Waals surface area contributed by atoms with Gasteiger partial charge in [-0.3, -0.25) is 9.36 Å². The molecule has 1 aliphatic rings. The number of piperazine rings is 1. The fraction of sp³-hybridized carbons (Fsp3) is 0.304. The van der Waals surface area contributed by atoms with Gasteiger partial charge in [-0.05, 0) is 43.1 Å². The van der Waals surface area contributed by atoms with E-state index in [2.05, 4.69) is 45.3 Å². The first-order valence-corrected chi connectivity index (χ1v) is 11.4. The summed E-state index contributed by atoms with van der Waals surface area (Å²) in [7, 11) is 2.16. The van der Waals surface area contributed by atoms with Crippen LogP contribution in [0, 0.1) is 0 Å². The Hall–Kier alpha value is -2.77. The molecule has 0 spiro atoms. The number of amides is 1. The van der Waals surface area contributed by atoms with E-state index in [9.17, 15) is 4.79 Å². The SMILES string of the molecule is CSc1nccn1-c1cccc(C(=O)NCc2ccccc2N2CCN(C)CC2)c1. The Morgan fingerprint density at radius 3 is 2.70 bits per heavy atom. The normalized spacial score (nSPS) is 14.7. The van der Waals surface area contributed by atoms with Crippen LogP contribution in [0.25, 0.3) is 5.69 Å². The number of likely N-dealkylation sites (N-methyl/N-ethyl adjacent to an activating group) is 1. The van der Waals surface area contributed by atoms with Crippen LogP contribution in [0.4, 0.5) is 5.69 Å². The van der Waals surface area contributed by atoms with Crippen LogP contribution in [0.3, 0.4) is 0 Å². The monoisotopic (exact) mass is 421 g/mol. The van der Waals surface area contributed by atoms with Crippen molar-refractivity contribution in [3.05, 3.63) is 72.1 Å². The lowest BCUT2D eigenvalue weighted by atomic mass is 10.1. The molecule has 0 radical (unpaired) electrons. The van der Waals surface area contributed by atoms with E-state index >= 15 is 0 Å². The van der Waals surface area contributed by atoms with Crippen molar-refractivity contribution in [2.24, 2.45) is 0 Å². The summed E-state index contributed by atoms with van der Waals surface area (Å²) in [5.41, 5.74) is 3.93. The van der Waals surface area contributed by atoms with Gasteiger partial charge in [0.25, 0.3) is 5.91 Å². The van der Waals surface area contributed by atoms with Gasteiger partial charge in [0, 0.05) is 62.1 Å². The maximum absolute atomic E-state index is 12.9. The molecular formula is C23H27N5OS. The Morgan fingerprint density at radius 1 is 1.10 bits per heavy atom. The first-order chi connectivity index (χ1) is 14.7. The summed E-state index contributed by atoms with van der Waals surface area (Å²) in [5.74, 6) is -0.0733. The van der Waals surface area contributed by atoms with E-state index in [1.807, 2.05) is 47.4 Å². The third kappa shape index (κ3) is 4.52. The maximum Gasteiger partial charge on any atom is 0.251 e. The van der Waals surface area contributed by atoms with Gasteiger partial charge in [0.05, 0.1) is 0 Å². The van der Waals surface area contributed by atoms with E-state index in [0.717, 1.165) is 42.6 Å². The lowest BCUT2D eigenvalue weighted by Gasteiger charge is -2.35. The maximum atomic E-state index is 12.9. The number of para-hydroxylation sites is 1. The quantitative estimate of drug-likeness (QED) is 0.619. The number of hydrogen-bond acceptors (Lipinski definition) is 5. The number of nitrogens with zero attached hydrogens (tertiary/aromatic N) is 4. The molecule has 1 aliphatic heterocycles. The Balaban J connectivity index is 1.46. The number of anilines is 1. The van der Waals surface area contributed by atoms with Crippen LogP contribution in [0.1, 0.15) is 15.9 Å². The van der Waals surface area contributed by atoms with Gasteiger partial charge < -0.3 is 15.1 Å². The van der Waals surface area contributed by atoms with Crippen molar-refractivity contribution >= 4 is 23.4 Å². The molecule has 4 rings (SSSR count). The van der Waals surface area contributed by atoms with Crippen LogP contribution >= 0.6 is 11.8 Å². The summed E-state index contributed by atoms with van der Waals surface area (Å²) in [5, 5.41) is 4.00. The molecule has 1 aromatic heterocycles. The minimum atomic E-state index is -0.0733. The van der Waals surface area contributed by atoms with Crippen molar-refractivity contribution < 1.29 is 4.79 Å². The van der Waals surface area contributed by atoms with Crippen LogP contribution in [0.15, 0.2) is 66.1 Å². The van der Waals surface area contributed by atoms with Crippen molar-refractivity contribution in [2.75, 3.05) is 44.4 Å². The van der Waals surface area contributed by atoms with Gasteiger partial charge in [-0.25, -0.2) is 4.98 Å². The molecule has 1 amide bonds. The van der Waals surface area contributed by atoms with Crippen molar-refractivity contribution in [1.82, 2.24) is 19.8 Å². The summed E-state index contributed by atoms with van der Waals surface area (Å²) < 4.78 is 1.99. The van der Waals surface area contributed by atoms with Crippen molar-refractivity contribution in [2.45, 2.75) is 11.7 Å². The lowest BCUT2D eigenvalue weighted by Crippen LogP contribution is -2.45. The Morgan fingerprint density at radius 2 is 1.90 bits per heavy atom. The number of thioether (sulfide) groups is 1. The lowest BCUT2D eigenvalue weighted by molar-refractivity contribution is 0.0951. The molecule has 0 bridgehead atoms. The van der Waals surface area contributed by atoms with Gasteiger partial charge in [0.1, 0.15) is 0 Å². The van der Waals surface area contributed by atoms with Gasteiger partial charge in [-0.2, -0.15) is 0 Å². The summed E-state index contributed by atoms with van der Waals surface area (Å²) in [6.45, 7) is 4.63. The highest BCUT2D eigenvalue weighted by atomic mass is 32.2. The van der Waals surface area contributed by atoms with Crippen LogP contribution < -0.4 is 10.2 Å². The number of carbonyl (C=O) groups is 1. The standard InChI is InChI=1S/C23H27N5OS/c1-26-12-14-27(15-13-26)21-9-4-3-6-19(21)17-25-22(29)18-7-5-8-20(16-18)28-11-10-24-23(28)30-2/h3-11,16H,12-15,17H2,1-2H3,(H,25,29). The zero-order chi connectivity index (χ0) is 20.9. The third-order valence-corrected chi connectivity index (χ3v) is 6.12. The zero-order valence-corrected chi connectivity index (χ0v) is 18.2. The fourth-order valence-corrected chi connectivity index (χ4v) is 4.26. The molecule has 0 aliphatic carbocycles. The summed E-state index contributed by atoms with van der Waals surface area (Å²) >= 11 is 1.58. The van der Waals surface area contributed by atoms with Gasteiger partial charge in [-0.1, -0.05) is 36.0 Å². The average Bonchev–Trinajstić information content (AvgIpc) is 3.27. The van der Waals surface area contributed by atoms with Crippen LogP contribution in [0.2, 0.25) is 0 Å². The third-order valence-electron chi connectivity index (χ3n) is 5.45. The average molecular weight is 422 g/mol. The molecule has 0 saturated carbocycles. The number of imidazole rings is 1. The molecule has 30 heavy (non-hydrogen) atoms. The zero-order valence-electron chi connectivity index (χ0n) is 17.4. The van der Waals surface area contributed by atoms with E-state index < -0.39 is 0 Å². The number of hydrogen-bond donors (Lipinski definition) is 1. The molecule has 6 nitrogen and oxygen atoms in total. The van der Waals surface area contributed by atoms with Crippen LogP contribution in [0.5, 0.6) is 0 Å². The first-order valence-electron chi connectivity index (χ1n) is 10.1. The Labute approximate surface area is 181 Å². The van der Waals surface area contributed by atoms with Gasteiger partial charge in [0.15, 0.2) is 5.16 Å². The highest BCUT2D eigenvalue weighted by Gasteiger charge is 2.17. The van der Waals surface area contributed by atoms with E-state index in [4.69, 9.17) is 0 Å². The molecule has 0 unspecified atom stereocenters. The van der Waals surface area contributed by atoms with Crippen molar-refractivity contribution in [3.63, 3.8) is 0 Å². The van der Waals surface area contributed by atoms with Gasteiger partial charge >= 0.3 is 0 Å². The van der Waals surface area contributed by atoms with Gasteiger partial charge in [0.2, 0.25) is 0 Å². The molecule has 156 valence electrons. The molecule has 7 heteroatoms. The van der Waals surface area contributed by atoms with Crippen molar-refractivity contribution in [3.8, 4) is 5.69 Å². The smallest absolute Gasteiger partial charge is 0.251 e. The van der Waals surface area contributed by atoms with Crippen LogP contribution in [-0.2, 0) is 6.54 Å². The minimum Gasteiger partial charge on any atom is -0.369 e. The number of rotatable bonds is 6. The summed E-state index contributed by atoms with van der Waals surface area (Å²) in [6, 6.07) is 16.0. The molecule has 2 aromatic carbocycles. The molecule has 1 saturated heterocycles. The molecular weight excluding hydrogens is 394 g/mol. The first kappa shape index (κ1) is 20.5. The molecule has 1 fully saturated rings. The number of carbonyl (C=O) groups excluding carboxylic acids is 1. The summed E-state index contributed by atoms with van der Waals surface area (Å²) in [4.78, 5) is 22.0. The van der Waals surface area contributed by atoms with Gasteiger partial charge in [-0.15, -0.1) is 0 Å². The number of aromatic nitrogens is 2. The van der Waals surface area contributed by atoms with Crippen LogP contribution in [-0.4, -0.2) is 59.8 Å². The second kappa shape index (κ2) is 9.36. The van der Waals surface area contributed by atoms with Crippen molar-refractivity contribution in [1.29, 1.82) is 0 Å². The Bertz CT molecular complexity index is 1010. The number of benzene rings is 2. The highest BCUT2D eigenvalue weighted by molar-refractivity contribution is 7.98. The predicted molar refractivity (Wildman–Crippen MR) is 123 cm³/mol. The van der Waals surface area contributed by atoms with E-state index in [1.165, 1.54) is 5.69 Å². The largest absolute Gasteiger partial charge is 0.369 e. The molecule has 3 aromatic rings. The second-order valence-electron chi connectivity index (χ2n) is 7.44. The number of nitrogens with one attached hydrogen (secondary N) is 1. The Kier molecular flexibility index (Phi) is 6.40. The molecule has 0 atom stereocenters. The molecule has 2 heterocycles. The topological polar surface area (TPSA) is 53.4 Å². The minimum absolute atomic E-state index is 0.0733. The molecule has 1 N–H and O–H groups in total. The predicted octanol–water partition coefficient (Wildman–Crippen LogP) is 3.28. The van der Waals surface area contributed by atoms with E-state index in [-0.39, 0.29) is 5.91 Å². The van der Waals surface area contributed by atoms with E-state index in [1.54, 1.807) is 18.0 Å². The fourth-order valence-electron chi connectivity index (χ4n) is 3.73. The van der Waals surface area contributed by atoms with E-state index in [0.29, 0.717) is 12.1 Å². The second-order valence-corrected chi connectivity index (χ2v) is 8.21. The highest BCUT2D eigenvalue weighted by Crippen LogP contribution is 2.22.